The average Bonchev–Trinajstić information content (AvgIpc) is 2.51. The molecule has 0 unspecified atom stereocenters. The SMILES string of the molecule is CCCNC(=O)c1nnc2c(CCC(C)C)cccc2c1N. The summed E-state index contributed by atoms with van der Waals surface area (Å²) in [5.41, 5.74) is 8.70. The maximum absolute atomic E-state index is 12.1. The lowest BCUT2D eigenvalue weighted by molar-refractivity contribution is 0.0949. The van der Waals surface area contributed by atoms with Crippen LogP contribution in [0, 0.1) is 5.92 Å². The molecule has 5 heteroatoms. The zero-order valence-electron chi connectivity index (χ0n) is 13.5. The number of nitrogen functional groups attached to an aromatic ring is 1. The molecule has 1 amide bonds. The summed E-state index contributed by atoms with van der Waals surface area (Å²) >= 11 is 0. The number of hydrogen-bond acceptors (Lipinski definition) is 4. The van der Waals surface area contributed by atoms with E-state index >= 15 is 0 Å². The molecule has 3 N–H and O–H groups in total. The van der Waals surface area contributed by atoms with Crippen molar-refractivity contribution in [2.45, 2.75) is 40.0 Å². The van der Waals surface area contributed by atoms with Gasteiger partial charge in [-0.1, -0.05) is 39.0 Å². The van der Waals surface area contributed by atoms with Crippen LogP contribution in [0.3, 0.4) is 0 Å². The zero-order valence-corrected chi connectivity index (χ0v) is 13.5. The van der Waals surface area contributed by atoms with Gasteiger partial charge in [0.2, 0.25) is 0 Å². The van der Waals surface area contributed by atoms with Crippen LogP contribution in [0.4, 0.5) is 5.69 Å². The maximum Gasteiger partial charge on any atom is 0.273 e. The molecule has 0 radical (unpaired) electrons. The fraction of sp³-hybridized carbons (Fsp3) is 0.471. The molecule has 1 aromatic carbocycles. The Morgan fingerprint density at radius 3 is 2.77 bits per heavy atom. The maximum atomic E-state index is 12.1. The Kier molecular flexibility index (Phi) is 5.31. The van der Waals surface area contributed by atoms with Crippen LogP contribution in [0.1, 0.15) is 49.7 Å². The summed E-state index contributed by atoms with van der Waals surface area (Å²) in [4.78, 5) is 12.1. The van der Waals surface area contributed by atoms with Gasteiger partial charge in [-0.25, -0.2) is 0 Å². The summed E-state index contributed by atoms with van der Waals surface area (Å²) in [6.07, 6.45) is 2.88. The van der Waals surface area contributed by atoms with Gasteiger partial charge < -0.3 is 11.1 Å². The minimum absolute atomic E-state index is 0.210. The van der Waals surface area contributed by atoms with Gasteiger partial charge in [0.15, 0.2) is 5.69 Å². The molecule has 2 rings (SSSR count). The van der Waals surface area contributed by atoms with Gasteiger partial charge in [-0.3, -0.25) is 4.79 Å². The van der Waals surface area contributed by atoms with Crippen molar-refractivity contribution in [2.24, 2.45) is 5.92 Å². The molecule has 0 atom stereocenters. The second-order valence-electron chi connectivity index (χ2n) is 5.96. The number of carbonyl (C=O) groups is 1. The van der Waals surface area contributed by atoms with Crippen LogP contribution in [0.15, 0.2) is 18.2 Å². The molecule has 2 aromatic rings. The summed E-state index contributed by atoms with van der Waals surface area (Å²) in [5.74, 6) is 0.362. The number of benzene rings is 1. The molecule has 5 nitrogen and oxygen atoms in total. The normalized spacial score (nSPS) is 11.1. The van der Waals surface area contributed by atoms with Crippen LogP contribution < -0.4 is 11.1 Å². The van der Waals surface area contributed by atoms with Gasteiger partial charge in [-0.05, 0) is 30.7 Å². The highest BCUT2D eigenvalue weighted by atomic mass is 16.1. The molecule has 0 saturated carbocycles. The molecule has 1 heterocycles. The molecule has 0 bridgehead atoms. The van der Waals surface area contributed by atoms with Crippen molar-refractivity contribution in [3.8, 4) is 0 Å². The lowest BCUT2D eigenvalue weighted by Gasteiger charge is -2.11. The van der Waals surface area contributed by atoms with Gasteiger partial charge >= 0.3 is 0 Å². The topological polar surface area (TPSA) is 80.9 Å². The number of aryl methyl sites for hydroxylation is 1. The lowest BCUT2D eigenvalue weighted by atomic mass is 10.00. The molecular weight excluding hydrogens is 276 g/mol. The van der Waals surface area contributed by atoms with Crippen molar-refractivity contribution in [3.63, 3.8) is 0 Å². The third kappa shape index (κ3) is 3.53. The van der Waals surface area contributed by atoms with E-state index in [9.17, 15) is 4.79 Å². The predicted molar refractivity (Wildman–Crippen MR) is 89.7 cm³/mol. The molecule has 0 aliphatic heterocycles. The van der Waals surface area contributed by atoms with E-state index < -0.39 is 0 Å². The van der Waals surface area contributed by atoms with Crippen molar-refractivity contribution in [2.75, 3.05) is 12.3 Å². The van der Waals surface area contributed by atoms with Crippen LogP contribution in [0.25, 0.3) is 10.9 Å². The molecule has 0 fully saturated rings. The Morgan fingerprint density at radius 2 is 2.09 bits per heavy atom. The Bertz CT molecular complexity index is 667. The standard InChI is InChI=1S/C17H24N4O/c1-4-10-19-17(22)16-14(18)13-7-5-6-12(9-8-11(2)3)15(13)20-21-16/h5-7,11H,4,8-10H2,1-3H3,(H2,18,20)(H,19,22). The van der Waals surface area contributed by atoms with Gasteiger partial charge in [0.05, 0.1) is 11.2 Å². The largest absolute Gasteiger partial charge is 0.396 e. The summed E-state index contributed by atoms with van der Waals surface area (Å²) < 4.78 is 0. The highest BCUT2D eigenvalue weighted by Crippen LogP contribution is 2.25. The summed E-state index contributed by atoms with van der Waals surface area (Å²) in [7, 11) is 0. The van der Waals surface area contributed by atoms with E-state index in [2.05, 4.69) is 35.4 Å². The number of fused-ring (bicyclic) bond motifs is 1. The van der Waals surface area contributed by atoms with Gasteiger partial charge in [0.25, 0.3) is 5.91 Å². The van der Waals surface area contributed by atoms with Gasteiger partial charge in [0, 0.05) is 11.9 Å². The predicted octanol–water partition coefficient (Wildman–Crippen LogP) is 2.94. The molecule has 22 heavy (non-hydrogen) atoms. The minimum atomic E-state index is -0.263. The number of rotatable bonds is 6. The highest BCUT2D eigenvalue weighted by Gasteiger charge is 2.16. The second kappa shape index (κ2) is 7.20. The van der Waals surface area contributed by atoms with Crippen LogP contribution >= 0.6 is 0 Å². The van der Waals surface area contributed by atoms with Crippen LogP contribution in [0.2, 0.25) is 0 Å². The first-order chi connectivity index (χ1) is 10.5. The first-order valence-electron chi connectivity index (χ1n) is 7.86. The van der Waals surface area contributed by atoms with E-state index in [-0.39, 0.29) is 11.6 Å². The number of nitrogens with two attached hydrogens (primary N) is 1. The molecule has 1 aromatic heterocycles. The third-order valence-electron chi connectivity index (χ3n) is 3.66. The van der Waals surface area contributed by atoms with Gasteiger partial charge in [0.1, 0.15) is 0 Å². The molecule has 0 saturated heterocycles. The van der Waals surface area contributed by atoms with E-state index in [0.717, 1.165) is 35.7 Å². The quantitative estimate of drug-likeness (QED) is 0.859. The summed E-state index contributed by atoms with van der Waals surface area (Å²) in [5, 5.41) is 11.9. The molecule has 0 aliphatic rings. The lowest BCUT2D eigenvalue weighted by Crippen LogP contribution is -2.26. The number of carbonyl (C=O) groups excluding carboxylic acids is 1. The average molecular weight is 300 g/mol. The molecule has 0 spiro atoms. The second-order valence-corrected chi connectivity index (χ2v) is 5.96. The highest BCUT2D eigenvalue weighted by molar-refractivity contribution is 6.04. The Hall–Kier alpha value is -2.17. The molecule has 118 valence electrons. The zero-order chi connectivity index (χ0) is 16.1. The number of nitrogens with zero attached hydrogens (tertiary/aromatic N) is 2. The van der Waals surface area contributed by atoms with E-state index in [4.69, 9.17) is 5.73 Å². The van der Waals surface area contributed by atoms with E-state index in [0.29, 0.717) is 18.2 Å². The smallest absolute Gasteiger partial charge is 0.273 e. The van der Waals surface area contributed by atoms with Gasteiger partial charge in [-0.15, -0.1) is 10.2 Å². The van der Waals surface area contributed by atoms with Crippen LogP contribution in [0.5, 0.6) is 0 Å². The van der Waals surface area contributed by atoms with E-state index in [1.807, 2.05) is 19.1 Å². The van der Waals surface area contributed by atoms with Crippen LogP contribution in [-0.4, -0.2) is 22.6 Å². The third-order valence-corrected chi connectivity index (χ3v) is 3.66. The van der Waals surface area contributed by atoms with E-state index in [1.54, 1.807) is 0 Å². The molecule has 0 aliphatic carbocycles. The minimum Gasteiger partial charge on any atom is -0.396 e. The van der Waals surface area contributed by atoms with Crippen LogP contribution in [-0.2, 0) is 6.42 Å². The number of hydrogen-bond donors (Lipinski definition) is 2. The van der Waals surface area contributed by atoms with Crippen molar-refractivity contribution >= 4 is 22.5 Å². The number of nitrogens with one attached hydrogen (secondary N) is 1. The number of aromatic nitrogens is 2. The Morgan fingerprint density at radius 1 is 1.32 bits per heavy atom. The summed E-state index contributed by atoms with van der Waals surface area (Å²) in [6.45, 7) is 6.99. The van der Waals surface area contributed by atoms with Gasteiger partial charge in [-0.2, -0.15) is 0 Å². The van der Waals surface area contributed by atoms with E-state index in [1.165, 1.54) is 0 Å². The Balaban J connectivity index is 2.38. The fourth-order valence-electron chi connectivity index (χ4n) is 2.34. The monoisotopic (exact) mass is 300 g/mol. The first kappa shape index (κ1) is 16.2. The van der Waals surface area contributed by atoms with Crippen molar-refractivity contribution < 1.29 is 4.79 Å². The fourth-order valence-corrected chi connectivity index (χ4v) is 2.34. The van der Waals surface area contributed by atoms with Crippen molar-refractivity contribution in [3.05, 3.63) is 29.5 Å². The molecular formula is C17H24N4O. The van der Waals surface area contributed by atoms with Crippen molar-refractivity contribution in [1.29, 1.82) is 0 Å². The summed E-state index contributed by atoms with van der Waals surface area (Å²) in [6, 6.07) is 5.91. The number of amides is 1. The first-order valence-corrected chi connectivity index (χ1v) is 7.86. The Labute approximate surface area is 131 Å². The number of anilines is 1. The van der Waals surface area contributed by atoms with Crippen molar-refractivity contribution in [1.82, 2.24) is 15.5 Å².